The van der Waals surface area contributed by atoms with E-state index in [-0.39, 0.29) is 12.4 Å². The minimum atomic E-state index is -0.243. The molecule has 0 saturated heterocycles. The summed E-state index contributed by atoms with van der Waals surface area (Å²) in [5, 5.41) is 0. The lowest BCUT2D eigenvalue weighted by molar-refractivity contribution is 0.0836. The van der Waals surface area contributed by atoms with Gasteiger partial charge in [-0.05, 0) is 20.8 Å². The van der Waals surface area contributed by atoms with Crippen molar-refractivity contribution in [2.75, 3.05) is 6.61 Å². The lowest BCUT2D eigenvalue weighted by Crippen LogP contribution is -2.10. The average molecular weight is 157 g/mol. The average Bonchev–Trinajstić information content (AvgIpc) is 1.87. The minimum absolute atomic E-state index is 0.178. The predicted molar refractivity (Wildman–Crippen MR) is 44.6 cm³/mol. The molecule has 64 valence electrons. The molecule has 0 aromatic rings. The molecule has 0 saturated carbocycles. The van der Waals surface area contributed by atoms with Gasteiger partial charge in [0.2, 0.25) is 0 Å². The molecule has 0 aromatic carbocycles. The van der Waals surface area contributed by atoms with Gasteiger partial charge in [-0.3, -0.25) is 0 Å². The summed E-state index contributed by atoms with van der Waals surface area (Å²) in [5.41, 5.74) is 5.32. The molecule has 0 aliphatic heterocycles. The van der Waals surface area contributed by atoms with Gasteiger partial charge >= 0.3 is 0 Å². The van der Waals surface area contributed by atoms with Crippen LogP contribution in [0.15, 0.2) is 9.98 Å². The molecule has 2 unspecified atom stereocenters. The first-order valence-corrected chi connectivity index (χ1v) is 3.68. The van der Waals surface area contributed by atoms with E-state index < -0.39 is 0 Å². The van der Waals surface area contributed by atoms with Gasteiger partial charge in [0, 0.05) is 6.61 Å². The molecule has 0 amide bonds. The summed E-state index contributed by atoms with van der Waals surface area (Å²) in [5.74, 6) is 0. The quantitative estimate of drug-likeness (QED) is 0.615. The van der Waals surface area contributed by atoms with Crippen LogP contribution in [0.5, 0.6) is 0 Å². The highest BCUT2D eigenvalue weighted by Crippen LogP contribution is 1.88. The molecule has 4 heteroatoms. The van der Waals surface area contributed by atoms with Crippen molar-refractivity contribution in [3.05, 3.63) is 0 Å². The number of nitrogens with zero attached hydrogens (tertiary/aromatic N) is 2. The SMILES string of the molecule is CCOC(C)N=C=NC(C)N. The van der Waals surface area contributed by atoms with Crippen LogP contribution in [0.2, 0.25) is 0 Å². The number of ether oxygens (including phenoxy) is 1. The number of nitrogens with two attached hydrogens (primary N) is 1. The van der Waals surface area contributed by atoms with Gasteiger partial charge in [0.05, 0.1) is 6.01 Å². The second kappa shape index (κ2) is 6.04. The van der Waals surface area contributed by atoms with Crippen LogP contribution in [-0.2, 0) is 4.74 Å². The molecule has 0 aliphatic rings. The molecule has 0 spiro atoms. The number of hydrogen-bond donors (Lipinski definition) is 1. The van der Waals surface area contributed by atoms with Crippen molar-refractivity contribution in [3.63, 3.8) is 0 Å². The third-order valence-electron chi connectivity index (χ3n) is 0.909. The Bertz CT molecular complexity index is 150. The molecule has 2 atom stereocenters. The predicted octanol–water partition coefficient (Wildman–Crippen LogP) is 0.847. The highest BCUT2D eigenvalue weighted by Gasteiger charge is 1.92. The Labute approximate surface area is 67.2 Å². The van der Waals surface area contributed by atoms with Gasteiger partial charge in [-0.2, -0.15) is 4.99 Å². The molecular weight excluding hydrogens is 142 g/mol. The Morgan fingerprint density at radius 1 is 1.45 bits per heavy atom. The Morgan fingerprint density at radius 2 is 2.09 bits per heavy atom. The summed E-state index contributed by atoms with van der Waals surface area (Å²) >= 11 is 0. The molecule has 0 radical (unpaired) electrons. The first kappa shape index (κ1) is 10.3. The van der Waals surface area contributed by atoms with Crippen molar-refractivity contribution in [3.8, 4) is 0 Å². The maximum absolute atomic E-state index is 5.32. The van der Waals surface area contributed by atoms with Gasteiger partial charge in [-0.1, -0.05) is 0 Å². The Morgan fingerprint density at radius 3 is 2.55 bits per heavy atom. The second-order valence-corrected chi connectivity index (χ2v) is 2.15. The first-order chi connectivity index (χ1) is 5.16. The van der Waals surface area contributed by atoms with E-state index in [1.165, 1.54) is 0 Å². The third-order valence-corrected chi connectivity index (χ3v) is 0.909. The van der Waals surface area contributed by atoms with Crippen molar-refractivity contribution in [1.29, 1.82) is 0 Å². The molecule has 0 aromatic heterocycles. The molecule has 11 heavy (non-hydrogen) atoms. The van der Waals surface area contributed by atoms with Crippen molar-refractivity contribution < 1.29 is 4.74 Å². The largest absolute Gasteiger partial charge is 0.356 e. The van der Waals surface area contributed by atoms with E-state index in [1.54, 1.807) is 6.92 Å². The summed E-state index contributed by atoms with van der Waals surface area (Å²) in [4.78, 5) is 7.56. The van der Waals surface area contributed by atoms with Crippen LogP contribution in [-0.4, -0.2) is 25.0 Å². The van der Waals surface area contributed by atoms with Crippen LogP contribution < -0.4 is 5.73 Å². The normalized spacial score (nSPS) is 14.9. The molecule has 0 bridgehead atoms. The van der Waals surface area contributed by atoms with E-state index >= 15 is 0 Å². The smallest absolute Gasteiger partial charge is 0.155 e. The van der Waals surface area contributed by atoms with E-state index in [2.05, 4.69) is 16.0 Å². The summed E-state index contributed by atoms with van der Waals surface area (Å²) < 4.78 is 5.09. The first-order valence-electron chi connectivity index (χ1n) is 3.68. The van der Waals surface area contributed by atoms with Crippen LogP contribution in [0, 0.1) is 0 Å². The summed E-state index contributed by atoms with van der Waals surface area (Å²) in [7, 11) is 0. The van der Waals surface area contributed by atoms with Gasteiger partial charge in [0.25, 0.3) is 0 Å². The zero-order chi connectivity index (χ0) is 8.69. The highest BCUT2D eigenvalue weighted by molar-refractivity contribution is 5.41. The molecule has 0 heterocycles. The van der Waals surface area contributed by atoms with Crippen molar-refractivity contribution in [2.24, 2.45) is 15.7 Å². The molecule has 4 nitrogen and oxygen atoms in total. The monoisotopic (exact) mass is 157 g/mol. The number of hydrogen-bond acceptors (Lipinski definition) is 4. The van der Waals surface area contributed by atoms with Crippen molar-refractivity contribution in [2.45, 2.75) is 33.2 Å². The van der Waals surface area contributed by atoms with Crippen LogP contribution in [0.4, 0.5) is 0 Å². The fraction of sp³-hybridized carbons (Fsp3) is 0.857. The second-order valence-electron chi connectivity index (χ2n) is 2.15. The third kappa shape index (κ3) is 7.19. The van der Waals surface area contributed by atoms with Crippen molar-refractivity contribution >= 4 is 6.01 Å². The summed E-state index contributed by atoms with van der Waals surface area (Å²) in [6.07, 6.45) is -0.421. The fourth-order valence-corrected chi connectivity index (χ4v) is 0.484. The maximum Gasteiger partial charge on any atom is 0.155 e. The van der Waals surface area contributed by atoms with Crippen LogP contribution in [0.25, 0.3) is 0 Å². The molecule has 0 aliphatic carbocycles. The molecule has 2 N–H and O–H groups in total. The maximum atomic E-state index is 5.32. The Kier molecular flexibility index (Phi) is 5.65. The summed E-state index contributed by atoms with van der Waals surface area (Å²) in [6, 6.07) is 2.47. The number of rotatable bonds is 4. The van der Waals surface area contributed by atoms with Crippen LogP contribution in [0.3, 0.4) is 0 Å². The van der Waals surface area contributed by atoms with E-state index in [0.717, 1.165) is 0 Å². The van der Waals surface area contributed by atoms with Gasteiger partial charge < -0.3 is 10.5 Å². The number of aliphatic imine (C=N–C) groups is 2. The van der Waals surface area contributed by atoms with Crippen LogP contribution in [0.1, 0.15) is 20.8 Å². The van der Waals surface area contributed by atoms with Gasteiger partial charge in [-0.25, -0.2) is 4.99 Å². The fourth-order valence-electron chi connectivity index (χ4n) is 0.484. The van der Waals surface area contributed by atoms with Crippen molar-refractivity contribution in [1.82, 2.24) is 0 Å². The van der Waals surface area contributed by atoms with E-state index in [9.17, 15) is 0 Å². The van der Waals surface area contributed by atoms with Gasteiger partial charge in [0.1, 0.15) is 6.17 Å². The highest BCUT2D eigenvalue weighted by atomic mass is 16.5. The van der Waals surface area contributed by atoms with Gasteiger partial charge in [-0.15, -0.1) is 0 Å². The lowest BCUT2D eigenvalue weighted by Gasteiger charge is -2.01. The van der Waals surface area contributed by atoms with E-state index in [4.69, 9.17) is 10.5 Å². The van der Waals surface area contributed by atoms with Crippen LogP contribution >= 0.6 is 0 Å². The molecule has 0 rings (SSSR count). The zero-order valence-corrected chi connectivity index (χ0v) is 7.24. The zero-order valence-electron chi connectivity index (χ0n) is 7.24. The Hall–Kier alpha value is -0.700. The topological polar surface area (TPSA) is 60.0 Å². The Balaban J connectivity index is 3.71. The van der Waals surface area contributed by atoms with E-state index in [0.29, 0.717) is 6.61 Å². The van der Waals surface area contributed by atoms with E-state index in [1.807, 2.05) is 13.8 Å². The van der Waals surface area contributed by atoms with Gasteiger partial charge in [0.15, 0.2) is 6.23 Å². The molecular formula is C7H15N3O. The molecule has 0 fully saturated rings. The standard InChI is InChI=1S/C7H15N3O/c1-4-11-7(3)10-5-9-6(2)8/h6-7H,4,8H2,1-3H3. The summed E-state index contributed by atoms with van der Waals surface area (Å²) in [6.45, 7) is 6.14. The minimum Gasteiger partial charge on any atom is -0.356 e. The lowest BCUT2D eigenvalue weighted by atomic mass is 10.6.